The minimum absolute atomic E-state index is 0.0359. The third kappa shape index (κ3) is 3.59. The third-order valence-corrected chi connectivity index (χ3v) is 3.14. The van der Waals surface area contributed by atoms with Gasteiger partial charge in [0.15, 0.2) is 5.78 Å². The molecule has 0 spiro atoms. The minimum Gasteiger partial charge on any atom is -0.489 e. The molecule has 0 aromatic heterocycles. The largest absolute Gasteiger partial charge is 0.489 e. The molecule has 0 N–H and O–H groups in total. The molecule has 0 saturated heterocycles. The van der Waals surface area contributed by atoms with Gasteiger partial charge in [0, 0.05) is 0 Å². The third-order valence-electron chi connectivity index (χ3n) is 3.14. The van der Waals surface area contributed by atoms with Crippen LogP contribution in [0, 0.1) is 5.92 Å². The summed E-state index contributed by atoms with van der Waals surface area (Å²) in [4.78, 5) is 23.2. The van der Waals surface area contributed by atoms with Crippen LogP contribution in [0.25, 0.3) is 0 Å². The first-order valence-corrected chi connectivity index (χ1v) is 6.57. The monoisotopic (exact) mass is 278 g/mol. The van der Waals surface area contributed by atoms with Crippen molar-refractivity contribution in [1.29, 1.82) is 0 Å². The van der Waals surface area contributed by atoms with Gasteiger partial charge in [-0.05, 0) is 46.3 Å². The number of esters is 1. The molecule has 0 aromatic carbocycles. The van der Waals surface area contributed by atoms with E-state index in [4.69, 9.17) is 9.47 Å². The van der Waals surface area contributed by atoms with Crippen LogP contribution in [0.1, 0.15) is 34.6 Å². The highest BCUT2D eigenvalue weighted by Crippen LogP contribution is 2.37. The molecule has 4 heteroatoms. The molecule has 0 aromatic rings. The predicted octanol–water partition coefficient (Wildman–Crippen LogP) is 2.95. The van der Waals surface area contributed by atoms with Crippen LogP contribution in [-0.4, -0.2) is 25.0 Å². The van der Waals surface area contributed by atoms with Crippen molar-refractivity contribution in [2.24, 2.45) is 5.92 Å². The molecule has 0 amide bonds. The number of rotatable bonds is 4. The molecule has 0 aliphatic carbocycles. The van der Waals surface area contributed by atoms with E-state index in [-0.39, 0.29) is 23.8 Å². The standard InChI is InChI=1S/C16H22O4/c1-9(2)7-13-14(16(18)19-6)12(5)20-15(13)10(3)8-11(4)17/h7-8,13,15H,1-6H3/b10-8-. The Morgan fingerprint density at radius 3 is 2.25 bits per heavy atom. The van der Waals surface area contributed by atoms with Gasteiger partial charge >= 0.3 is 5.97 Å². The Hall–Kier alpha value is -1.84. The fourth-order valence-electron chi connectivity index (χ4n) is 2.41. The molecule has 0 saturated carbocycles. The molecule has 1 heterocycles. The molecule has 1 aliphatic rings. The van der Waals surface area contributed by atoms with E-state index >= 15 is 0 Å². The summed E-state index contributed by atoms with van der Waals surface area (Å²) >= 11 is 0. The second-order valence-corrected chi connectivity index (χ2v) is 5.27. The Bertz CT molecular complexity index is 505. The van der Waals surface area contributed by atoms with Crippen LogP contribution < -0.4 is 0 Å². The van der Waals surface area contributed by atoms with Gasteiger partial charge in [-0.3, -0.25) is 4.79 Å². The molecular weight excluding hydrogens is 256 g/mol. The molecule has 1 rings (SSSR count). The maximum absolute atomic E-state index is 11.9. The first-order valence-electron chi connectivity index (χ1n) is 6.57. The van der Waals surface area contributed by atoms with E-state index in [9.17, 15) is 9.59 Å². The Kier molecular flexibility index (Phi) is 5.31. The number of allylic oxidation sites excluding steroid dienone is 3. The Morgan fingerprint density at radius 1 is 1.20 bits per heavy atom. The lowest BCUT2D eigenvalue weighted by molar-refractivity contribution is -0.136. The summed E-state index contributed by atoms with van der Waals surface area (Å²) < 4.78 is 10.6. The predicted molar refractivity (Wildman–Crippen MR) is 76.9 cm³/mol. The first kappa shape index (κ1) is 16.2. The molecule has 0 radical (unpaired) electrons. The van der Waals surface area contributed by atoms with Crippen molar-refractivity contribution in [1.82, 2.24) is 0 Å². The van der Waals surface area contributed by atoms with Crippen molar-refractivity contribution < 1.29 is 19.1 Å². The molecule has 0 fully saturated rings. The molecular formula is C16H22O4. The lowest BCUT2D eigenvalue weighted by Gasteiger charge is -2.19. The van der Waals surface area contributed by atoms with Gasteiger partial charge in [0.25, 0.3) is 0 Å². The van der Waals surface area contributed by atoms with E-state index in [1.54, 1.807) is 13.0 Å². The summed E-state index contributed by atoms with van der Waals surface area (Å²) in [6.45, 7) is 9.01. The van der Waals surface area contributed by atoms with Crippen LogP contribution in [0.2, 0.25) is 0 Å². The lowest BCUT2D eigenvalue weighted by atomic mass is 9.89. The Balaban J connectivity index is 3.22. The second kappa shape index (κ2) is 6.55. The van der Waals surface area contributed by atoms with Gasteiger partial charge in [-0.1, -0.05) is 11.6 Å². The number of carbonyl (C=O) groups is 2. The van der Waals surface area contributed by atoms with Crippen molar-refractivity contribution in [3.63, 3.8) is 0 Å². The van der Waals surface area contributed by atoms with Crippen molar-refractivity contribution in [3.8, 4) is 0 Å². The van der Waals surface area contributed by atoms with E-state index in [0.29, 0.717) is 11.3 Å². The van der Waals surface area contributed by atoms with Gasteiger partial charge in [0.05, 0.1) is 18.6 Å². The van der Waals surface area contributed by atoms with Crippen molar-refractivity contribution >= 4 is 11.8 Å². The average Bonchev–Trinajstić information content (AvgIpc) is 2.63. The molecule has 20 heavy (non-hydrogen) atoms. The lowest BCUT2D eigenvalue weighted by Crippen LogP contribution is -2.22. The highest BCUT2D eigenvalue weighted by molar-refractivity contribution is 5.91. The first-order chi connectivity index (χ1) is 9.27. The zero-order valence-electron chi connectivity index (χ0n) is 12.9. The topological polar surface area (TPSA) is 52.6 Å². The van der Waals surface area contributed by atoms with Gasteiger partial charge in [-0.2, -0.15) is 0 Å². The fourth-order valence-corrected chi connectivity index (χ4v) is 2.41. The summed E-state index contributed by atoms with van der Waals surface area (Å²) in [6, 6.07) is 0. The number of carbonyl (C=O) groups excluding carboxylic acids is 2. The summed E-state index contributed by atoms with van der Waals surface area (Å²) in [6.07, 6.45) is 3.19. The summed E-state index contributed by atoms with van der Waals surface area (Å²) in [5, 5.41) is 0. The number of hydrogen-bond acceptors (Lipinski definition) is 4. The van der Waals surface area contributed by atoms with Gasteiger partial charge in [-0.25, -0.2) is 4.79 Å². The van der Waals surface area contributed by atoms with Crippen molar-refractivity contribution in [2.45, 2.75) is 40.7 Å². The normalized spacial score (nSPS) is 22.4. The van der Waals surface area contributed by atoms with Crippen LogP contribution in [0.3, 0.4) is 0 Å². The molecule has 2 atom stereocenters. The molecule has 1 aliphatic heterocycles. The quantitative estimate of drug-likeness (QED) is 0.451. The van der Waals surface area contributed by atoms with Gasteiger partial charge in [-0.15, -0.1) is 0 Å². The van der Waals surface area contributed by atoms with Gasteiger partial charge < -0.3 is 9.47 Å². The van der Waals surface area contributed by atoms with Crippen LogP contribution >= 0.6 is 0 Å². The van der Waals surface area contributed by atoms with E-state index < -0.39 is 0 Å². The van der Waals surface area contributed by atoms with E-state index in [0.717, 1.165) is 11.1 Å². The van der Waals surface area contributed by atoms with Crippen LogP contribution in [-0.2, 0) is 19.1 Å². The summed E-state index contributed by atoms with van der Waals surface area (Å²) in [5.74, 6) is -0.0851. The zero-order chi connectivity index (χ0) is 15.4. The maximum atomic E-state index is 11.9. The highest BCUT2D eigenvalue weighted by atomic mass is 16.5. The smallest absolute Gasteiger partial charge is 0.337 e. The molecule has 0 bridgehead atoms. The maximum Gasteiger partial charge on any atom is 0.337 e. The van der Waals surface area contributed by atoms with Gasteiger partial charge in [0.1, 0.15) is 11.9 Å². The summed E-state index contributed by atoms with van der Waals surface area (Å²) in [7, 11) is 1.35. The Labute approximate surface area is 120 Å². The minimum atomic E-state index is -0.386. The van der Waals surface area contributed by atoms with Crippen LogP contribution in [0.4, 0.5) is 0 Å². The number of ketones is 1. The number of hydrogen-bond donors (Lipinski definition) is 0. The van der Waals surface area contributed by atoms with Crippen molar-refractivity contribution in [2.75, 3.05) is 7.11 Å². The molecule has 2 unspecified atom stereocenters. The van der Waals surface area contributed by atoms with E-state index in [1.807, 2.05) is 26.8 Å². The average molecular weight is 278 g/mol. The summed E-state index contributed by atoms with van der Waals surface area (Å²) in [5.41, 5.74) is 2.41. The number of ether oxygens (including phenoxy) is 2. The second-order valence-electron chi connectivity index (χ2n) is 5.27. The SMILES string of the molecule is COC(=O)C1=C(C)OC(/C(C)=C\C(C)=O)C1C=C(C)C. The van der Waals surface area contributed by atoms with E-state index in [2.05, 4.69) is 0 Å². The highest BCUT2D eigenvalue weighted by Gasteiger charge is 2.38. The zero-order valence-corrected chi connectivity index (χ0v) is 12.9. The fraction of sp³-hybridized carbons (Fsp3) is 0.500. The molecule has 4 nitrogen and oxygen atoms in total. The van der Waals surface area contributed by atoms with Crippen LogP contribution in [0.15, 0.2) is 34.6 Å². The van der Waals surface area contributed by atoms with Crippen molar-refractivity contribution in [3.05, 3.63) is 34.6 Å². The Morgan fingerprint density at radius 2 is 1.80 bits per heavy atom. The number of methoxy groups -OCH3 is 1. The van der Waals surface area contributed by atoms with Gasteiger partial charge in [0.2, 0.25) is 0 Å². The van der Waals surface area contributed by atoms with Crippen LogP contribution in [0.5, 0.6) is 0 Å². The van der Waals surface area contributed by atoms with E-state index in [1.165, 1.54) is 14.0 Å². The molecule has 110 valence electrons.